The molecule has 0 atom stereocenters. The summed E-state index contributed by atoms with van der Waals surface area (Å²) >= 11 is 0. The molecule has 110 valence electrons. The molecule has 7 nitrogen and oxygen atoms in total. The van der Waals surface area contributed by atoms with Gasteiger partial charge in [-0.3, -0.25) is 10.1 Å². The quantitative estimate of drug-likeness (QED) is 0.424. The summed E-state index contributed by atoms with van der Waals surface area (Å²) in [6.45, 7) is 2.55. The molecule has 0 spiro atoms. The van der Waals surface area contributed by atoms with Gasteiger partial charge in [0.05, 0.1) is 11.5 Å². The highest BCUT2D eigenvalue weighted by molar-refractivity contribution is 5.92. The van der Waals surface area contributed by atoms with E-state index in [1.54, 1.807) is 0 Å². The molecule has 0 saturated carbocycles. The van der Waals surface area contributed by atoms with Gasteiger partial charge >= 0.3 is 11.7 Å². The zero-order valence-corrected chi connectivity index (χ0v) is 11.4. The standard InChI is InChI=1S/C13H18N2O5/c1-2-3-4-5-6-7-20-12-8-10(13(16)17)11(9-14-12)15(18)19/h8-9H,2-7H2,1H3,(H,16,17). The lowest BCUT2D eigenvalue weighted by molar-refractivity contribution is -0.385. The zero-order chi connectivity index (χ0) is 15.0. The van der Waals surface area contributed by atoms with E-state index in [9.17, 15) is 14.9 Å². The van der Waals surface area contributed by atoms with Crippen molar-refractivity contribution in [1.82, 2.24) is 4.98 Å². The van der Waals surface area contributed by atoms with Crippen LogP contribution in [0.4, 0.5) is 5.69 Å². The summed E-state index contributed by atoms with van der Waals surface area (Å²) in [5.74, 6) is -1.27. The number of pyridine rings is 1. The summed E-state index contributed by atoms with van der Waals surface area (Å²) in [5, 5.41) is 19.6. The normalized spacial score (nSPS) is 10.2. The number of hydrogen-bond acceptors (Lipinski definition) is 5. The van der Waals surface area contributed by atoms with E-state index in [1.807, 2.05) is 0 Å². The van der Waals surface area contributed by atoms with Gasteiger partial charge in [-0.05, 0) is 6.42 Å². The minimum Gasteiger partial charge on any atom is -0.478 e. The molecule has 20 heavy (non-hydrogen) atoms. The molecule has 7 heteroatoms. The number of hydrogen-bond donors (Lipinski definition) is 1. The molecule has 0 aliphatic rings. The Balaban J connectivity index is 2.57. The Kier molecular flexibility index (Phi) is 6.42. The molecule has 0 aliphatic heterocycles. The molecule has 0 fully saturated rings. The molecule has 0 bridgehead atoms. The molecule has 0 aliphatic carbocycles. The van der Waals surface area contributed by atoms with Crippen LogP contribution in [0.5, 0.6) is 5.88 Å². The molecular weight excluding hydrogens is 264 g/mol. The van der Waals surface area contributed by atoms with Crippen molar-refractivity contribution in [2.75, 3.05) is 6.61 Å². The summed E-state index contributed by atoms with van der Waals surface area (Å²) in [7, 11) is 0. The summed E-state index contributed by atoms with van der Waals surface area (Å²) in [6.07, 6.45) is 6.27. The maximum absolute atomic E-state index is 10.9. The SMILES string of the molecule is CCCCCCCOc1cc(C(=O)O)c([N+](=O)[O-])cn1. The van der Waals surface area contributed by atoms with Gasteiger partial charge < -0.3 is 9.84 Å². The van der Waals surface area contributed by atoms with E-state index < -0.39 is 22.1 Å². The molecule has 1 N–H and O–H groups in total. The summed E-state index contributed by atoms with van der Waals surface area (Å²) in [4.78, 5) is 24.6. The van der Waals surface area contributed by atoms with Crippen LogP contribution in [0.25, 0.3) is 0 Å². The van der Waals surface area contributed by atoms with Crippen LogP contribution < -0.4 is 4.74 Å². The molecule has 0 amide bonds. The second-order valence-electron chi connectivity index (χ2n) is 4.36. The van der Waals surface area contributed by atoms with Gasteiger partial charge in [-0.15, -0.1) is 0 Å². The predicted octanol–water partition coefficient (Wildman–Crippen LogP) is 3.04. The third-order valence-corrected chi connectivity index (χ3v) is 2.78. The zero-order valence-electron chi connectivity index (χ0n) is 11.4. The van der Waals surface area contributed by atoms with E-state index in [-0.39, 0.29) is 5.88 Å². The van der Waals surface area contributed by atoms with Crippen molar-refractivity contribution >= 4 is 11.7 Å². The number of carbonyl (C=O) groups is 1. The number of nitro groups is 1. The van der Waals surface area contributed by atoms with Crippen LogP contribution >= 0.6 is 0 Å². The van der Waals surface area contributed by atoms with E-state index in [0.29, 0.717) is 6.61 Å². The fourth-order valence-electron chi connectivity index (χ4n) is 1.71. The maximum Gasteiger partial charge on any atom is 0.342 e. The van der Waals surface area contributed by atoms with Crippen LogP contribution in [0.1, 0.15) is 49.4 Å². The highest BCUT2D eigenvalue weighted by Gasteiger charge is 2.21. The van der Waals surface area contributed by atoms with Crippen LogP contribution in [-0.2, 0) is 0 Å². The summed E-state index contributed by atoms with van der Waals surface area (Å²) in [6, 6.07) is 1.09. The Morgan fingerprint density at radius 2 is 2.10 bits per heavy atom. The molecule has 0 unspecified atom stereocenters. The van der Waals surface area contributed by atoms with Crippen molar-refractivity contribution < 1.29 is 19.6 Å². The van der Waals surface area contributed by atoms with Gasteiger partial charge in [-0.1, -0.05) is 32.6 Å². The highest BCUT2D eigenvalue weighted by atomic mass is 16.6. The summed E-state index contributed by atoms with van der Waals surface area (Å²) < 4.78 is 5.31. The lowest BCUT2D eigenvalue weighted by atomic mass is 10.2. The highest BCUT2D eigenvalue weighted by Crippen LogP contribution is 2.21. The lowest BCUT2D eigenvalue weighted by Crippen LogP contribution is -2.06. The smallest absolute Gasteiger partial charge is 0.342 e. The second-order valence-corrected chi connectivity index (χ2v) is 4.36. The largest absolute Gasteiger partial charge is 0.478 e. The van der Waals surface area contributed by atoms with Gasteiger partial charge in [0.15, 0.2) is 0 Å². The third kappa shape index (κ3) is 4.83. The molecule has 1 rings (SSSR count). The number of unbranched alkanes of at least 4 members (excludes halogenated alkanes) is 4. The first kappa shape index (κ1) is 15.9. The van der Waals surface area contributed by atoms with Crippen LogP contribution in [-0.4, -0.2) is 27.6 Å². The lowest BCUT2D eigenvalue weighted by Gasteiger charge is -2.06. The van der Waals surface area contributed by atoms with Gasteiger partial charge in [0.1, 0.15) is 11.8 Å². The van der Waals surface area contributed by atoms with Crippen molar-refractivity contribution in [1.29, 1.82) is 0 Å². The Morgan fingerprint density at radius 1 is 1.40 bits per heavy atom. The van der Waals surface area contributed by atoms with Crippen molar-refractivity contribution in [3.8, 4) is 5.88 Å². The average Bonchev–Trinajstić information content (AvgIpc) is 2.42. The van der Waals surface area contributed by atoms with E-state index in [2.05, 4.69) is 11.9 Å². The first-order valence-electron chi connectivity index (χ1n) is 6.56. The van der Waals surface area contributed by atoms with Crippen molar-refractivity contribution in [2.24, 2.45) is 0 Å². The first-order chi connectivity index (χ1) is 9.56. The molecule has 0 saturated heterocycles. The van der Waals surface area contributed by atoms with Gasteiger partial charge in [0, 0.05) is 6.07 Å². The molecule has 0 aromatic carbocycles. The van der Waals surface area contributed by atoms with Crippen LogP contribution in [0.3, 0.4) is 0 Å². The monoisotopic (exact) mass is 282 g/mol. The molecule has 1 aromatic heterocycles. The molecular formula is C13H18N2O5. The summed E-state index contributed by atoms with van der Waals surface area (Å²) in [5.41, 5.74) is -0.946. The second kappa shape index (κ2) is 8.08. The minimum atomic E-state index is -1.37. The Bertz CT molecular complexity index is 476. The van der Waals surface area contributed by atoms with Crippen LogP contribution in [0.15, 0.2) is 12.3 Å². The van der Waals surface area contributed by atoms with Gasteiger partial charge in [0.25, 0.3) is 0 Å². The van der Waals surface area contributed by atoms with Crippen molar-refractivity contribution in [3.05, 3.63) is 27.9 Å². The number of carboxylic acid groups (broad SMARTS) is 1. The van der Waals surface area contributed by atoms with Gasteiger partial charge in [-0.2, -0.15) is 0 Å². The molecule has 0 radical (unpaired) electrons. The van der Waals surface area contributed by atoms with E-state index in [0.717, 1.165) is 37.9 Å². The van der Waals surface area contributed by atoms with Crippen LogP contribution in [0.2, 0.25) is 0 Å². The van der Waals surface area contributed by atoms with Crippen LogP contribution in [0, 0.1) is 10.1 Å². The fraction of sp³-hybridized carbons (Fsp3) is 0.538. The number of aromatic nitrogens is 1. The number of rotatable bonds is 9. The average molecular weight is 282 g/mol. The minimum absolute atomic E-state index is 0.100. The molecule has 1 aromatic rings. The van der Waals surface area contributed by atoms with Gasteiger partial charge in [0.2, 0.25) is 5.88 Å². The number of aromatic carboxylic acids is 1. The number of carboxylic acids is 1. The third-order valence-electron chi connectivity index (χ3n) is 2.78. The van der Waals surface area contributed by atoms with Crippen molar-refractivity contribution in [3.63, 3.8) is 0 Å². The van der Waals surface area contributed by atoms with E-state index in [1.165, 1.54) is 6.42 Å². The topological polar surface area (TPSA) is 103 Å². The Hall–Kier alpha value is -2.18. The Morgan fingerprint density at radius 3 is 2.70 bits per heavy atom. The predicted molar refractivity (Wildman–Crippen MR) is 72.1 cm³/mol. The number of ether oxygens (including phenoxy) is 1. The van der Waals surface area contributed by atoms with Gasteiger partial charge in [-0.25, -0.2) is 9.78 Å². The molecule has 1 heterocycles. The Labute approximate surface area is 116 Å². The van der Waals surface area contributed by atoms with Crippen molar-refractivity contribution in [2.45, 2.75) is 39.0 Å². The van der Waals surface area contributed by atoms with E-state index >= 15 is 0 Å². The number of nitrogens with zero attached hydrogens (tertiary/aromatic N) is 2. The first-order valence-corrected chi connectivity index (χ1v) is 6.56. The maximum atomic E-state index is 10.9. The van der Waals surface area contributed by atoms with E-state index in [4.69, 9.17) is 9.84 Å². The fourth-order valence-corrected chi connectivity index (χ4v) is 1.71.